The number of carboxylic acid groups (broad SMARTS) is 1. The first-order valence-electron chi connectivity index (χ1n) is 4.04. The summed E-state index contributed by atoms with van der Waals surface area (Å²) in [5.41, 5.74) is 5.45. The first-order chi connectivity index (χ1) is 7.09. The van der Waals surface area contributed by atoms with Gasteiger partial charge in [-0.1, -0.05) is 0 Å². The number of nitrogens with two attached hydrogens (primary N) is 1. The van der Waals surface area contributed by atoms with E-state index in [2.05, 4.69) is 10.2 Å². The van der Waals surface area contributed by atoms with E-state index in [1.165, 1.54) is 12.1 Å². The fraction of sp³-hybridized carbons (Fsp3) is 0. The van der Waals surface area contributed by atoms with Gasteiger partial charge in [-0.3, -0.25) is 0 Å². The first-order valence-corrected chi connectivity index (χ1v) is 4.04. The van der Waals surface area contributed by atoms with Crippen LogP contribution in [0.25, 0.3) is 10.9 Å². The van der Waals surface area contributed by atoms with Crippen molar-refractivity contribution in [3.8, 4) is 0 Å². The minimum atomic E-state index is -1.29. The Balaban J connectivity index is 2.82. The maximum Gasteiger partial charge on any atom is 0.358 e. The molecular weight excluding hydrogens is 201 g/mol. The molecule has 0 saturated carbocycles. The molecule has 0 fully saturated rings. The van der Waals surface area contributed by atoms with Crippen molar-refractivity contribution < 1.29 is 14.3 Å². The Bertz CT molecular complexity index is 556. The van der Waals surface area contributed by atoms with E-state index < -0.39 is 11.8 Å². The molecule has 0 aliphatic heterocycles. The van der Waals surface area contributed by atoms with Crippen LogP contribution in [-0.2, 0) is 0 Å². The summed E-state index contributed by atoms with van der Waals surface area (Å²) >= 11 is 0. The lowest BCUT2D eigenvalue weighted by atomic mass is 10.1. The predicted molar refractivity (Wildman–Crippen MR) is 50.9 cm³/mol. The molecule has 3 N–H and O–H groups in total. The maximum absolute atomic E-state index is 12.9. The number of aromatic carboxylic acids is 1. The molecule has 5 nitrogen and oxygen atoms in total. The summed E-state index contributed by atoms with van der Waals surface area (Å²) in [6.45, 7) is 0. The quantitative estimate of drug-likeness (QED) is 0.729. The standard InChI is InChI=1S/C9H6FN3O2/c10-4-1-2-6-5(3-4)7(11)8(9(14)15)13-12-6/h1-3H,(H2,11,12)(H,14,15). The second-order valence-corrected chi connectivity index (χ2v) is 2.93. The van der Waals surface area contributed by atoms with Crippen LogP contribution in [0.5, 0.6) is 0 Å². The zero-order valence-corrected chi connectivity index (χ0v) is 7.44. The number of anilines is 1. The van der Waals surface area contributed by atoms with E-state index in [-0.39, 0.29) is 16.8 Å². The molecule has 1 heterocycles. The van der Waals surface area contributed by atoms with Gasteiger partial charge in [-0.25, -0.2) is 9.18 Å². The second kappa shape index (κ2) is 3.16. The van der Waals surface area contributed by atoms with E-state index >= 15 is 0 Å². The van der Waals surface area contributed by atoms with Gasteiger partial charge in [0, 0.05) is 5.39 Å². The van der Waals surface area contributed by atoms with Crippen LogP contribution < -0.4 is 5.73 Å². The zero-order valence-electron chi connectivity index (χ0n) is 7.44. The molecule has 15 heavy (non-hydrogen) atoms. The molecule has 0 spiro atoms. The van der Waals surface area contributed by atoms with Crippen molar-refractivity contribution in [1.29, 1.82) is 0 Å². The second-order valence-electron chi connectivity index (χ2n) is 2.93. The highest BCUT2D eigenvalue weighted by molar-refractivity contribution is 6.01. The molecule has 1 aromatic carbocycles. The molecule has 0 aliphatic carbocycles. The molecule has 2 aromatic rings. The van der Waals surface area contributed by atoms with Gasteiger partial charge in [-0.2, -0.15) is 0 Å². The van der Waals surface area contributed by atoms with Crippen LogP contribution in [0.3, 0.4) is 0 Å². The Morgan fingerprint density at radius 1 is 1.40 bits per heavy atom. The number of nitrogen functional groups attached to an aromatic ring is 1. The van der Waals surface area contributed by atoms with E-state index in [9.17, 15) is 9.18 Å². The first kappa shape index (κ1) is 9.32. The van der Waals surface area contributed by atoms with Gasteiger partial charge in [-0.15, -0.1) is 10.2 Å². The Morgan fingerprint density at radius 2 is 2.13 bits per heavy atom. The topological polar surface area (TPSA) is 89.1 Å². The number of fused-ring (bicyclic) bond motifs is 1. The highest BCUT2D eigenvalue weighted by atomic mass is 19.1. The summed E-state index contributed by atoms with van der Waals surface area (Å²) in [7, 11) is 0. The Labute approximate surface area is 83.3 Å². The van der Waals surface area contributed by atoms with Gasteiger partial charge in [0.05, 0.1) is 11.2 Å². The van der Waals surface area contributed by atoms with Gasteiger partial charge in [0.1, 0.15) is 5.82 Å². The molecule has 1 aromatic heterocycles. The molecule has 0 aliphatic rings. The van der Waals surface area contributed by atoms with Crippen LogP contribution in [0.15, 0.2) is 18.2 Å². The fourth-order valence-electron chi connectivity index (χ4n) is 1.25. The SMILES string of the molecule is Nc1c(C(=O)O)nnc2ccc(F)cc12. The van der Waals surface area contributed by atoms with Crippen LogP contribution in [0, 0.1) is 5.82 Å². The molecule has 0 radical (unpaired) electrons. The van der Waals surface area contributed by atoms with Crippen molar-refractivity contribution in [2.45, 2.75) is 0 Å². The molecule has 0 saturated heterocycles. The maximum atomic E-state index is 12.9. The molecule has 0 amide bonds. The minimum absolute atomic E-state index is 0.0769. The molecule has 0 atom stereocenters. The number of rotatable bonds is 1. The summed E-state index contributed by atoms with van der Waals surface area (Å²) in [5.74, 6) is -1.79. The molecular formula is C9H6FN3O2. The highest BCUT2D eigenvalue weighted by Gasteiger charge is 2.14. The number of carboxylic acids is 1. The van der Waals surface area contributed by atoms with Crippen molar-refractivity contribution in [2.75, 3.05) is 5.73 Å². The Morgan fingerprint density at radius 3 is 2.80 bits per heavy atom. The van der Waals surface area contributed by atoms with Crippen molar-refractivity contribution in [3.63, 3.8) is 0 Å². The van der Waals surface area contributed by atoms with Crippen molar-refractivity contribution >= 4 is 22.6 Å². The number of hydrogen-bond acceptors (Lipinski definition) is 4. The summed E-state index contributed by atoms with van der Waals surface area (Å²) in [4.78, 5) is 10.7. The number of carbonyl (C=O) groups is 1. The number of benzene rings is 1. The molecule has 76 valence electrons. The predicted octanol–water partition coefficient (Wildman–Crippen LogP) is 1.05. The van der Waals surface area contributed by atoms with E-state index in [0.717, 1.165) is 6.07 Å². The van der Waals surface area contributed by atoms with Crippen molar-refractivity contribution in [3.05, 3.63) is 29.7 Å². The molecule has 0 unspecified atom stereocenters. The van der Waals surface area contributed by atoms with E-state index in [4.69, 9.17) is 10.8 Å². The van der Waals surface area contributed by atoms with E-state index in [0.29, 0.717) is 5.52 Å². The monoisotopic (exact) mass is 207 g/mol. The van der Waals surface area contributed by atoms with Crippen molar-refractivity contribution in [1.82, 2.24) is 10.2 Å². The van der Waals surface area contributed by atoms with Crippen LogP contribution in [0.2, 0.25) is 0 Å². The number of hydrogen-bond donors (Lipinski definition) is 2. The molecule has 6 heteroatoms. The van der Waals surface area contributed by atoms with Crippen LogP contribution >= 0.6 is 0 Å². The lowest BCUT2D eigenvalue weighted by Crippen LogP contribution is -2.07. The van der Waals surface area contributed by atoms with Crippen LogP contribution in [-0.4, -0.2) is 21.3 Å². The van der Waals surface area contributed by atoms with E-state index in [1.807, 2.05) is 0 Å². The van der Waals surface area contributed by atoms with Crippen LogP contribution in [0.4, 0.5) is 10.1 Å². The van der Waals surface area contributed by atoms with Crippen molar-refractivity contribution in [2.24, 2.45) is 0 Å². The lowest BCUT2D eigenvalue weighted by molar-refractivity contribution is 0.0691. The average Bonchev–Trinajstić information content (AvgIpc) is 2.19. The Hall–Kier alpha value is -2.24. The lowest BCUT2D eigenvalue weighted by Gasteiger charge is -2.03. The average molecular weight is 207 g/mol. The number of aromatic nitrogens is 2. The summed E-state index contributed by atoms with van der Waals surface area (Å²) in [6.07, 6.45) is 0. The normalized spacial score (nSPS) is 10.5. The molecule has 0 bridgehead atoms. The smallest absolute Gasteiger partial charge is 0.358 e. The summed E-state index contributed by atoms with van der Waals surface area (Å²) in [6, 6.07) is 3.72. The zero-order chi connectivity index (χ0) is 11.0. The summed E-state index contributed by atoms with van der Waals surface area (Å²) < 4.78 is 12.9. The highest BCUT2D eigenvalue weighted by Crippen LogP contribution is 2.21. The Kier molecular flexibility index (Phi) is 1.96. The third-order valence-corrected chi connectivity index (χ3v) is 1.96. The third-order valence-electron chi connectivity index (χ3n) is 1.96. The minimum Gasteiger partial charge on any atom is -0.476 e. The molecule has 2 rings (SSSR count). The van der Waals surface area contributed by atoms with Gasteiger partial charge < -0.3 is 10.8 Å². The third kappa shape index (κ3) is 1.45. The summed E-state index contributed by atoms with van der Waals surface area (Å²) in [5, 5.41) is 16.0. The van der Waals surface area contributed by atoms with Gasteiger partial charge >= 0.3 is 5.97 Å². The van der Waals surface area contributed by atoms with E-state index in [1.54, 1.807) is 0 Å². The van der Waals surface area contributed by atoms with Gasteiger partial charge in [0.2, 0.25) is 0 Å². The van der Waals surface area contributed by atoms with Gasteiger partial charge in [0.25, 0.3) is 0 Å². The van der Waals surface area contributed by atoms with Gasteiger partial charge in [-0.05, 0) is 18.2 Å². The largest absolute Gasteiger partial charge is 0.476 e. The van der Waals surface area contributed by atoms with Gasteiger partial charge in [0.15, 0.2) is 5.69 Å². The number of halogens is 1. The number of nitrogens with zero attached hydrogens (tertiary/aromatic N) is 2. The van der Waals surface area contributed by atoms with Crippen LogP contribution in [0.1, 0.15) is 10.5 Å². The fourth-order valence-corrected chi connectivity index (χ4v) is 1.25.